The third-order valence-corrected chi connectivity index (χ3v) is 7.36. The van der Waals surface area contributed by atoms with Gasteiger partial charge in [-0.2, -0.15) is 0 Å². The van der Waals surface area contributed by atoms with E-state index in [1.54, 1.807) is 18.2 Å². The molecule has 1 aliphatic heterocycles. The fraction of sp³-hybridized carbons (Fsp3) is 0.379. The molecule has 0 bridgehead atoms. The van der Waals surface area contributed by atoms with Gasteiger partial charge in [-0.05, 0) is 72.8 Å². The third kappa shape index (κ3) is 6.42. The van der Waals surface area contributed by atoms with Crippen molar-refractivity contribution in [3.8, 4) is 5.75 Å². The van der Waals surface area contributed by atoms with Crippen molar-refractivity contribution in [2.75, 3.05) is 19.6 Å². The lowest BCUT2D eigenvalue weighted by molar-refractivity contribution is -0.116. The van der Waals surface area contributed by atoms with Gasteiger partial charge < -0.3 is 25.3 Å². The zero-order valence-corrected chi connectivity index (χ0v) is 21.4. The molecule has 1 saturated heterocycles. The van der Waals surface area contributed by atoms with Crippen LogP contribution in [0.3, 0.4) is 0 Å². The Balaban J connectivity index is 1.25. The maximum absolute atomic E-state index is 13.1. The highest BCUT2D eigenvalue weighted by molar-refractivity contribution is 6.38. The second kappa shape index (κ2) is 11.5. The van der Waals surface area contributed by atoms with Gasteiger partial charge in [0, 0.05) is 13.0 Å². The van der Waals surface area contributed by atoms with Gasteiger partial charge in [0.1, 0.15) is 17.6 Å². The summed E-state index contributed by atoms with van der Waals surface area (Å²) in [5, 5.41) is 29.8. The first kappa shape index (κ1) is 25.5. The molecule has 2 fully saturated rings. The largest absolute Gasteiger partial charge is 0.489 e. The number of carbonyl (C=O) groups excluding carboxylic acids is 1. The minimum absolute atomic E-state index is 0.0279. The van der Waals surface area contributed by atoms with E-state index in [-0.39, 0.29) is 18.2 Å². The molecule has 1 heterocycles. The second-order valence-electron chi connectivity index (χ2n) is 9.91. The number of halogens is 1. The smallest absolute Gasteiger partial charge is 0.269 e. The van der Waals surface area contributed by atoms with Crippen LogP contribution < -0.4 is 10.1 Å². The number of carbonyl (C=O) groups is 1. The van der Waals surface area contributed by atoms with Gasteiger partial charge in [-0.15, -0.1) is 0 Å². The zero-order chi connectivity index (χ0) is 25.8. The van der Waals surface area contributed by atoms with Crippen LogP contribution in [0.1, 0.15) is 42.9 Å². The number of amides is 1. The predicted octanol–water partition coefficient (Wildman–Crippen LogP) is 4.72. The number of nitrogens with zero attached hydrogens (tertiary/aromatic N) is 2. The topological polar surface area (TPSA) is 94.4 Å². The summed E-state index contributed by atoms with van der Waals surface area (Å²) in [4.78, 5) is 15.3. The molecule has 3 aromatic rings. The van der Waals surface area contributed by atoms with Crippen LogP contribution in [0.5, 0.6) is 5.75 Å². The third-order valence-electron chi connectivity index (χ3n) is 7.06. The first-order valence-corrected chi connectivity index (χ1v) is 13.2. The normalized spacial score (nSPS) is 17.7. The van der Waals surface area contributed by atoms with Crippen LogP contribution in [0.25, 0.3) is 10.8 Å². The Kier molecular flexibility index (Phi) is 7.93. The Morgan fingerprint density at radius 2 is 1.89 bits per heavy atom. The maximum atomic E-state index is 13.1. The fourth-order valence-electron chi connectivity index (χ4n) is 4.58. The minimum atomic E-state index is -0.988. The number of nitrogens with one attached hydrogen (secondary N) is 1. The molecule has 2 unspecified atom stereocenters. The van der Waals surface area contributed by atoms with Crippen LogP contribution in [0.15, 0.2) is 65.8 Å². The SMILES string of the molecule is O=C(NC(CN1CCC1)C(O)c1ccc(OC2CC2)c(Cl)c1)/C(CCc1ccc2ccccc2c1)=N/O. The molecule has 3 aromatic carbocycles. The molecule has 37 heavy (non-hydrogen) atoms. The summed E-state index contributed by atoms with van der Waals surface area (Å²) in [6.07, 6.45) is 3.20. The number of ether oxygens (including phenoxy) is 1. The summed E-state index contributed by atoms with van der Waals surface area (Å²) in [5.74, 6) is 0.111. The van der Waals surface area contributed by atoms with Gasteiger partial charge in [0.05, 0.1) is 17.2 Å². The Labute approximate surface area is 221 Å². The number of aliphatic hydroxyl groups excluding tert-OH is 1. The van der Waals surface area contributed by atoms with Crippen LogP contribution >= 0.6 is 11.6 Å². The molecule has 7 nitrogen and oxygen atoms in total. The number of fused-ring (bicyclic) bond motifs is 1. The standard InChI is InChI=1S/C29H32ClN3O4/c30-24-17-22(9-13-27(24)37-23-10-11-23)28(34)26(18-33-14-3-15-33)31-29(35)25(32-36)12-7-19-6-8-20-4-1-2-5-21(20)16-19/h1-2,4-6,8-9,13,16-17,23,26,28,34,36H,3,7,10-12,14-15,18H2,(H,31,35)/b32-25+. The average molecular weight is 522 g/mol. The van der Waals surface area contributed by atoms with E-state index in [1.165, 1.54) is 0 Å². The quantitative estimate of drug-likeness (QED) is 0.193. The van der Waals surface area contributed by atoms with Crippen molar-refractivity contribution in [3.63, 3.8) is 0 Å². The van der Waals surface area contributed by atoms with Gasteiger partial charge >= 0.3 is 0 Å². The lowest BCUT2D eigenvalue weighted by Gasteiger charge is -2.36. The molecule has 0 spiro atoms. The first-order valence-electron chi connectivity index (χ1n) is 12.9. The summed E-state index contributed by atoms with van der Waals surface area (Å²) in [6, 6.07) is 18.9. The second-order valence-corrected chi connectivity index (χ2v) is 10.3. The van der Waals surface area contributed by atoms with E-state index in [0.717, 1.165) is 48.7 Å². The van der Waals surface area contributed by atoms with E-state index >= 15 is 0 Å². The van der Waals surface area contributed by atoms with Gasteiger partial charge in [0.2, 0.25) is 0 Å². The molecule has 2 atom stereocenters. The number of hydrogen-bond acceptors (Lipinski definition) is 6. The molecule has 1 aliphatic carbocycles. The molecule has 2 aliphatic rings. The van der Waals surface area contributed by atoms with Crippen LogP contribution in [0, 0.1) is 0 Å². The van der Waals surface area contributed by atoms with Crippen molar-refractivity contribution in [1.29, 1.82) is 0 Å². The predicted molar refractivity (Wildman–Crippen MR) is 145 cm³/mol. The molecule has 1 saturated carbocycles. The van der Waals surface area contributed by atoms with Crippen molar-refractivity contribution >= 4 is 34.0 Å². The highest BCUT2D eigenvalue weighted by Gasteiger charge is 2.30. The Morgan fingerprint density at radius 1 is 1.11 bits per heavy atom. The van der Waals surface area contributed by atoms with Gasteiger partial charge in [-0.25, -0.2) is 0 Å². The van der Waals surface area contributed by atoms with Crippen molar-refractivity contribution in [1.82, 2.24) is 10.2 Å². The lowest BCUT2D eigenvalue weighted by Crippen LogP contribution is -2.52. The number of likely N-dealkylation sites (tertiary alicyclic amines) is 1. The number of oxime groups is 1. The van der Waals surface area contributed by atoms with Crippen LogP contribution in [-0.4, -0.2) is 58.6 Å². The van der Waals surface area contributed by atoms with E-state index in [2.05, 4.69) is 27.5 Å². The number of aliphatic hydroxyl groups is 1. The number of hydrogen-bond donors (Lipinski definition) is 3. The van der Waals surface area contributed by atoms with E-state index in [4.69, 9.17) is 16.3 Å². The number of rotatable bonds is 11. The molecule has 0 radical (unpaired) electrons. The number of benzene rings is 3. The van der Waals surface area contributed by atoms with Gasteiger partial charge in [-0.1, -0.05) is 65.3 Å². The summed E-state index contributed by atoms with van der Waals surface area (Å²) in [6.45, 7) is 2.31. The van der Waals surface area contributed by atoms with E-state index in [1.807, 2.05) is 30.3 Å². The van der Waals surface area contributed by atoms with Gasteiger partial charge in [-0.3, -0.25) is 4.79 Å². The van der Waals surface area contributed by atoms with E-state index in [9.17, 15) is 15.1 Å². The Morgan fingerprint density at radius 3 is 2.57 bits per heavy atom. The molecular weight excluding hydrogens is 490 g/mol. The van der Waals surface area contributed by atoms with Gasteiger partial charge in [0.15, 0.2) is 0 Å². The van der Waals surface area contributed by atoms with Crippen LogP contribution in [0.2, 0.25) is 5.02 Å². The molecule has 8 heteroatoms. The summed E-state index contributed by atoms with van der Waals surface area (Å²) in [5.41, 5.74) is 1.67. The van der Waals surface area contributed by atoms with Crippen molar-refractivity contribution in [2.45, 2.75) is 50.4 Å². The Hall–Kier alpha value is -3.13. The van der Waals surface area contributed by atoms with Gasteiger partial charge in [0.25, 0.3) is 5.91 Å². The molecule has 5 rings (SSSR count). The average Bonchev–Trinajstić information content (AvgIpc) is 3.70. The fourth-order valence-corrected chi connectivity index (χ4v) is 4.81. The molecular formula is C29H32ClN3O4. The van der Waals surface area contributed by atoms with Crippen LogP contribution in [0.4, 0.5) is 0 Å². The molecule has 0 aromatic heterocycles. The maximum Gasteiger partial charge on any atom is 0.269 e. The zero-order valence-electron chi connectivity index (χ0n) is 20.6. The van der Waals surface area contributed by atoms with E-state index in [0.29, 0.717) is 29.3 Å². The summed E-state index contributed by atoms with van der Waals surface area (Å²) in [7, 11) is 0. The number of aryl methyl sites for hydroxylation is 1. The van der Waals surface area contributed by atoms with Crippen molar-refractivity contribution < 1.29 is 19.8 Å². The van der Waals surface area contributed by atoms with E-state index < -0.39 is 18.1 Å². The Bertz CT molecular complexity index is 1290. The minimum Gasteiger partial charge on any atom is -0.489 e. The first-order chi connectivity index (χ1) is 18.0. The highest BCUT2D eigenvalue weighted by Crippen LogP contribution is 2.34. The summed E-state index contributed by atoms with van der Waals surface area (Å²) >= 11 is 6.42. The highest BCUT2D eigenvalue weighted by atomic mass is 35.5. The lowest BCUT2D eigenvalue weighted by atomic mass is 9.99. The van der Waals surface area contributed by atoms with Crippen molar-refractivity contribution in [2.24, 2.45) is 5.16 Å². The molecule has 194 valence electrons. The summed E-state index contributed by atoms with van der Waals surface area (Å²) < 4.78 is 5.80. The molecule has 1 amide bonds. The monoisotopic (exact) mass is 521 g/mol. The van der Waals surface area contributed by atoms with Crippen LogP contribution in [-0.2, 0) is 11.2 Å². The van der Waals surface area contributed by atoms with Crippen molar-refractivity contribution in [3.05, 3.63) is 76.8 Å². The molecule has 3 N–H and O–H groups in total.